The number of aromatic nitrogens is 2. The first-order valence-corrected chi connectivity index (χ1v) is 9.48. The van der Waals surface area contributed by atoms with Crippen molar-refractivity contribution in [3.05, 3.63) is 51.7 Å². The van der Waals surface area contributed by atoms with Gasteiger partial charge in [-0.15, -0.1) is 0 Å². The van der Waals surface area contributed by atoms with Gasteiger partial charge in [-0.25, -0.2) is 21.8 Å². The minimum Gasteiger partial charge on any atom is -0.324 e. The van der Waals surface area contributed by atoms with Crippen molar-refractivity contribution in [2.24, 2.45) is 0 Å². The zero-order valence-corrected chi connectivity index (χ0v) is 16.5. The Labute approximate surface area is 156 Å². The summed E-state index contributed by atoms with van der Waals surface area (Å²) in [5, 5.41) is 6.23. The number of carbonyl (C=O) groups is 1. The van der Waals surface area contributed by atoms with Crippen molar-refractivity contribution < 1.29 is 17.6 Å². The van der Waals surface area contributed by atoms with E-state index in [1.807, 2.05) is 0 Å². The van der Waals surface area contributed by atoms with Gasteiger partial charge in [-0.1, -0.05) is 6.07 Å². The van der Waals surface area contributed by atoms with Crippen LogP contribution in [-0.4, -0.2) is 42.5 Å². The van der Waals surface area contributed by atoms with Crippen molar-refractivity contribution in [3.8, 4) is 0 Å². The van der Waals surface area contributed by atoms with Crippen LogP contribution in [0.3, 0.4) is 0 Å². The molecule has 0 saturated heterocycles. The summed E-state index contributed by atoms with van der Waals surface area (Å²) in [4.78, 5) is 24.6. The summed E-state index contributed by atoms with van der Waals surface area (Å²) in [5.74, 6) is -1.34. The number of anilines is 1. The van der Waals surface area contributed by atoms with Crippen molar-refractivity contribution >= 4 is 21.6 Å². The van der Waals surface area contributed by atoms with Crippen LogP contribution in [0.4, 0.5) is 10.1 Å². The molecule has 2 rings (SSSR count). The fourth-order valence-electron chi connectivity index (χ4n) is 2.32. The number of carbonyl (C=O) groups excluding carboxylic acids is 1. The fourth-order valence-corrected chi connectivity index (χ4v) is 3.47. The van der Waals surface area contributed by atoms with E-state index in [1.54, 1.807) is 19.1 Å². The Morgan fingerprint density at radius 2 is 1.93 bits per heavy atom. The summed E-state index contributed by atoms with van der Waals surface area (Å²) >= 11 is 0. The first-order chi connectivity index (χ1) is 12.5. The number of amides is 1. The third-order valence-electron chi connectivity index (χ3n) is 4.14. The Bertz CT molecular complexity index is 1050. The summed E-state index contributed by atoms with van der Waals surface area (Å²) in [5.41, 5.74) is -0.0664. The lowest BCUT2D eigenvalue weighted by Crippen LogP contribution is -2.35. The van der Waals surface area contributed by atoms with Gasteiger partial charge in [0.05, 0.1) is 16.7 Å². The number of benzene rings is 1. The van der Waals surface area contributed by atoms with Gasteiger partial charge in [-0.3, -0.25) is 9.59 Å². The molecule has 2 aromatic rings. The van der Waals surface area contributed by atoms with Crippen LogP contribution in [0, 0.1) is 19.7 Å². The molecular weight excluding hydrogens is 375 g/mol. The average Bonchev–Trinajstić information content (AvgIpc) is 2.60. The van der Waals surface area contributed by atoms with Crippen LogP contribution in [0.2, 0.25) is 0 Å². The van der Waals surface area contributed by atoms with Gasteiger partial charge in [0.1, 0.15) is 6.04 Å². The highest BCUT2D eigenvalue weighted by molar-refractivity contribution is 7.89. The number of hydrogen-bond donors (Lipinski definition) is 1. The standard InChI is InChI=1S/C17H21FN4O4S/c1-10-6-7-13(8-15(10)27(25,26)21(4)5)20-16(23)12(3)22-17(24)11(2)14(18)9-19-22/h6-9,12H,1-5H3,(H,20,23)/t12-/m1/s1. The predicted octanol–water partition coefficient (Wildman–Crippen LogP) is 1.45. The Balaban J connectivity index is 2.34. The van der Waals surface area contributed by atoms with E-state index in [-0.39, 0.29) is 16.1 Å². The van der Waals surface area contributed by atoms with Gasteiger partial charge in [0.2, 0.25) is 15.9 Å². The third kappa shape index (κ3) is 4.06. The molecular formula is C17H21FN4O4S. The first-order valence-electron chi connectivity index (χ1n) is 8.04. The lowest BCUT2D eigenvalue weighted by atomic mass is 10.2. The van der Waals surface area contributed by atoms with Gasteiger partial charge in [0.15, 0.2) is 5.82 Å². The number of halogens is 1. The highest BCUT2D eigenvalue weighted by Crippen LogP contribution is 2.23. The van der Waals surface area contributed by atoms with E-state index in [9.17, 15) is 22.4 Å². The smallest absolute Gasteiger partial charge is 0.273 e. The first kappa shape index (κ1) is 20.7. The van der Waals surface area contributed by atoms with E-state index in [0.717, 1.165) is 15.2 Å². The summed E-state index contributed by atoms with van der Waals surface area (Å²) in [6.07, 6.45) is 0.869. The molecule has 0 fully saturated rings. The zero-order chi connectivity index (χ0) is 20.5. The van der Waals surface area contributed by atoms with Crippen molar-refractivity contribution in [1.29, 1.82) is 0 Å². The zero-order valence-electron chi connectivity index (χ0n) is 15.6. The Hall–Kier alpha value is -2.59. The molecule has 0 aliphatic heterocycles. The second-order valence-electron chi connectivity index (χ2n) is 6.30. The van der Waals surface area contributed by atoms with E-state index in [0.29, 0.717) is 5.56 Å². The van der Waals surface area contributed by atoms with Gasteiger partial charge >= 0.3 is 0 Å². The molecule has 1 aromatic carbocycles. The number of hydrogen-bond acceptors (Lipinski definition) is 5. The maximum atomic E-state index is 13.4. The number of sulfonamides is 1. The van der Waals surface area contributed by atoms with Crippen LogP contribution in [0.15, 0.2) is 34.1 Å². The van der Waals surface area contributed by atoms with Crippen molar-refractivity contribution in [3.63, 3.8) is 0 Å². The van der Waals surface area contributed by atoms with Crippen LogP contribution < -0.4 is 10.9 Å². The second kappa shape index (κ2) is 7.57. The third-order valence-corrected chi connectivity index (χ3v) is 6.10. The van der Waals surface area contributed by atoms with Gasteiger partial charge < -0.3 is 5.32 Å². The quantitative estimate of drug-likeness (QED) is 0.824. The van der Waals surface area contributed by atoms with Gasteiger partial charge in [-0.05, 0) is 38.5 Å². The average molecular weight is 396 g/mol. The molecule has 0 aliphatic carbocycles. The topological polar surface area (TPSA) is 101 Å². The number of nitrogens with one attached hydrogen (secondary N) is 1. The molecule has 1 atom stereocenters. The van der Waals surface area contributed by atoms with Crippen LogP contribution in [0.1, 0.15) is 24.1 Å². The molecule has 10 heteroatoms. The lowest BCUT2D eigenvalue weighted by Gasteiger charge is -2.17. The minimum atomic E-state index is -3.68. The molecule has 1 amide bonds. The Morgan fingerprint density at radius 1 is 1.30 bits per heavy atom. The molecule has 0 aliphatic rings. The van der Waals surface area contributed by atoms with Crippen LogP contribution in [0.5, 0.6) is 0 Å². The molecule has 1 aromatic heterocycles. The number of nitrogens with zero attached hydrogens (tertiary/aromatic N) is 3. The number of aryl methyl sites for hydroxylation is 1. The summed E-state index contributed by atoms with van der Waals surface area (Å²) in [7, 11) is -0.855. The van der Waals surface area contributed by atoms with Crippen molar-refractivity contribution in [1.82, 2.24) is 14.1 Å². The van der Waals surface area contributed by atoms with E-state index in [1.165, 1.54) is 34.0 Å². The highest BCUT2D eigenvalue weighted by atomic mass is 32.2. The molecule has 1 heterocycles. The van der Waals surface area contributed by atoms with E-state index in [4.69, 9.17) is 0 Å². The van der Waals surface area contributed by atoms with Crippen LogP contribution in [-0.2, 0) is 14.8 Å². The van der Waals surface area contributed by atoms with E-state index >= 15 is 0 Å². The molecule has 0 unspecified atom stereocenters. The predicted molar refractivity (Wildman–Crippen MR) is 98.6 cm³/mol. The maximum absolute atomic E-state index is 13.4. The molecule has 0 bridgehead atoms. The molecule has 27 heavy (non-hydrogen) atoms. The van der Waals surface area contributed by atoms with Gasteiger partial charge in [-0.2, -0.15) is 5.10 Å². The molecule has 146 valence electrons. The molecule has 8 nitrogen and oxygen atoms in total. The summed E-state index contributed by atoms with van der Waals surface area (Å²) < 4.78 is 40.1. The minimum absolute atomic E-state index is 0.0610. The lowest BCUT2D eigenvalue weighted by molar-refractivity contribution is -0.119. The van der Waals surface area contributed by atoms with Gasteiger partial charge in [0, 0.05) is 19.8 Å². The molecule has 1 N–H and O–H groups in total. The SMILES string of the molecule is Cc1ccc(NC(=O)[C@@H](C)n2ncc(F)c(C)c2=O)cc1S(=O)(=O)N(C)C. The highest BCUT2D eigenvalue weighted by Gasteiger charge is 2.22. The summed E-state index contributed by atoms with van der Waals surface area (Å²) in [6, 6.07) is 3.46. The Kier molecular flexibility index (Phi) is 5.81. The van der Waals surface area contributed by atoms with Crippen LogP contribution in [0.25, 0.3) is 0 Å². The molecule has 0 radical (unpaired) electrons. The second-order valence-corrected chi connectivity index (χ2v) is 8.42. The van der Waals surface area contributed by atoms with Crippen molar-refractivity contribution in [2.75, 3.05) is 19.4 Å². The van der Waals surface area contributed by atoms with Gasteiger partial charge in [0.25, 0.3) is 5.56 Å². The molecule has 0 spiro atoms. The maximum Gasteiger partial charge on any atom is 0.273 e. The number of rotatable bonds is 5. The summed E-state index contributed by atoms with van der Waals surface area (Å²) in [6.45, 7) is 4.39. The monoisotopic (exact) mass is 396 g/mol. The van der Waals surface area contributed by atoms with E-state index in [2.05, 4.69) is 10.4 Å². The normalized spacial score (nSPS) is 12.9. The Morgan fingerprint density at radius 3 is 2.52 bits per heavy atom. The molecule has 0 saturated carbocycles. The van der Waals surface area contributed by atoms with Crippen molar-refractivity contribution in [2.45, 2.75) is 31.7 Å². The van der Waals surface area contributed by atoms with Crippen LogP contribution >= 0.6 is 0 Å². The fraction of sp³-hybridized carbons (Fsp3) is 0.353. The van der Waals surface area contributed by atoms with E-state index < -0.39 is 33.3 Å². The largest absolute Gasteiger partial charge is 0.324 e.